The van der Waals surface area contributed by atoms with Gasteiger partial charge < -0.3 is 10.2 Å². The van der Waals surface area contributed by atoms with Gasteiger partial charge in [0.15, 0.2) is 0 Å². The molecule has 0 saturated carbocycles. The minimum Gasteiger partial charge on any atom is -0.342 e. The number of benzene rings is 1. The molecule has 1 fully saturated rings. The van der Waals surface area contributed by atoms with E-state index in [1.807, 2.05) is 30.3 Å². The van der Waals surface area contributed by atoms with Gasteiger partial charge in [-0.25, -0.2) is 9.97 Å². The van der Waals surface area contributed by atoms with Crippen LogP contribution in [0.25, 0.3) is 0 Å². The molecule has 3 rings (SSSR count). The highest BCUT2D eigenvalue weighted by Gasteiger charge is 2.35. The van der Waals surface area contributed by atoms with E-state index in [0.717, 1.165) is 17.8 Å². The lowest BCUT2D eigenvalue weighted by Gasteiger charge is -2.17. The minimum absolute atomic E-state index is 0.167. The summed E-state index contributed by atoms with van der Waals surface area (Å²) in [7, 11) is 0. The number of anilines is 1. The fourth-order valence-corrected chi connectivity index (χ4v) is 2.58. The summed E-state index contributed by atoms with van der Waals surface area (Å²) in [5.74, 6) is -0.357. The highest BCUT2D eigenvalue weighted by molar-refractivity contribution is 5.86. The summed E-state index contributed by atoms with van der Waals surface area (Å²) in [6.45, 7) is 1.01. The van der Waals surface area contributed by atoms with Crippen molar-refractivity contribution >= 4 is 11.9 Å². The molecular formula is C16H15F3N4O. The van der Waals surface area contributed by atoms with Crippen LogP contribution in [-0.4, -0.2) is 33.4 Å². The van der Waals surface area contributed by atoms with Gasteiger partial charge in [0.05, 0.1) is 0 Å². The maximum atomic E-state index is 12.7. The maximum absolute atomic E-state index is 12.7. The number of nitrogens with zero attached hydrogens (tertiary/aromatic N) is 3. The Balaban J connectivity index is 1.66. The summed E-state index contributed by atoms with van der Waals surface area (Å²) in [5.41, 5.74) is -0.0339. The second kappa shape index (κ2) is 6.46. The highest BCUT2D eigenvalue weighted by atomic mass is 19.4. The third-order valence-corrected chi connectivity index (χ3v) is 3.76. The Bertz CT molecular complexity index is 721. The van der Waals surface area contributed by atoms with Crippen LogP contribution >= 0.6 is 0 Å². The van der Waals surface area contributed by atoms with Crippen molar-refractivity contribution in [3.05, 3.63) is 53.9 Å². The van der Waals surface area contributed by atoms with Gasteiger partial charge >= 0.3 is 6.18 Å². The summed E-state index contributed by atoms with van der Waals surface area (Å²) in [6.07, 6.45) is -3.02. The lowest BCUT2D eigenvalue weighted by molar-refractivity contribution is -0.141. The molecule has 1 saturated heterocycles. The number of halogens is 3. The number of amides is 1. The van der Waals surface area contributed by atoms with Crippen LogP contribution in [0.15, 0.2) is 42.6 Å². The Morgan fingerprint density at radius 3 is 2.67 bits per heavy atom. The van der Waals surface area contributed by atoms with Crippen molar-refractivity contribution in [2.24, 2.45) is 0 Å². The van der Waals surface area contributed by atoms with E-state index < -0.39 is 17.9 Å². The SMILES string of the molecule is O=C1C(Nc2nccc(C(F)(F)F)n2)CCN1Cc1ccccc1. The van der Waals surface area contributed by atoms with Gasteiger partial charge in [0, 0.05) is 19.3 Å². The molecule has 1 aliphatic heterocycles. The van der Waals surface area contributed by atoms with Gasteiger partial charge in [-0.2, -0.15) is 13.2 Å². The van der Waals surface area contributed by atoms with Crippen molar-refractivity contribution in [2.75, 3.05) is 11.9 Å². The van der Waals surface area contributed by atoms with Crippen molar-refractivity contribution in [3.8, 4) is 0 Å². The van der Waals surface area contributed by atoms with Crippen molar-refractivity contribution in [1.29, 1.82) is 0 Å². The molecule has 0 radical (unpaired) electrons. The lowest BCUT2D eigenvalue weighted by Crippen LogP contribution is -2.33. The zero-order valence-corrected chi connectivity index (χ0v) is 12.6. The number of hydrogen-bond donors (Lipinski definition) is 1. The van der Waals surface area contributed by atoms with E-state index in [0.29, 0.717) is 19.5 Å². The number of carbonyl (C=O) groups excluding carboxylic acids is 1. The van der Waals surface area contributed by atoms with Crippen LogP contribution in [0.2, 0.25) is 0 Å². The van der Waals surface area contributed by atoms with Crippen LogP contribution in [-0.2, 0) is 17.5 Å². The van der Waals surface area contributed by atoms with Gasteiger partial charge in [-0.3, -0.25) is 4.79 Å². The van der Waals surface area contributed by atoms with E-state index in [9.17, 15) is 18.0 Å². The standard InChI is InChI=1S/C16H15F3N4O/c17-16(18,19)13-6-8-20-15(22-13)21-12-7-9-23(14(12)24)10-11-4-2-1-3-5-11/h1-6,8,12H,7,9-10H2,(H,20,21,22). The van der Waals surface area contributed by atoms with E-state index >= 15 is 0 Å². The Hall–Kier alpha value is -2.64. The van der Waals surface area contributed by atoms with Crippen LogP contribution in [0.3, 0.4) is 0 Å². The molecule has 1 atom stereocenters. The molecule has 1 aromatic heterocycles. The molecule has 1 aromatic carbocycles. The molecular weight excluding hydrogens is 321 g/mol. The van der Waals surface area contributed by atoms with Gasteiger partial charge in [-0.05, 0) is 18.1 Å². The van der Waals surface area contributed by atoms with Gasteiger partial charge in [0.1, 0.15) is 11.7 Å². The predicted molar refractivity (Wildman–Crippen MR) is 80.9 cm³/mol. The molecule has 2 heterocycles. The zero-order valence-electron chi connectivity index (χ0n) is 12.6. The molecule has 24 heavy (non-hydrogen) atoms. The number of alkyl halides is 3. The number of nitrogens with one attached hydrogen (secondary N) is 1. The molecule has 1 aliphatic rings. The van der Waals surface area contributed by atoms with Crippen molar-refractivity contribution in [3.63, 3.8) is 0 Å². The normalized spacial score (nSPS) is 18.0. The number of hydrogen-bond acceptors (Lipinski definition) is 4. The van der Waals surface area contributed by atoms with Gasteiger partial charge in [0.2, 0.25) is 11.9 Å². The fraction of sp³-hybridized carbons (Fsp3) is 0.312. The first kappa shape index (κ1) is 16.2. The smallest absolute Gasteiger partial charge is 0.342 e. The van der Waals surface area contributed by atoms with E-state index in [4.69, 9.17) is 0 Å². The molecule has 2 aromatic rings. The average Bonchev–Trinajstić information content (AvgIpc) is 2.89. The third kappa shape index (κ3) is 3.64. The van der Waals surface area contributed by atoms with Crippen molar-refractivity contribution in [1.82, 2.24) is 14.9 Å². The molecule has 0 aliphatic carbocycles. The lowest BCUT2D eigenvalue weighted by atomic mass is 10.2. The third-order valence-electron chi connectivity index (χ3n) is 3.76. The second-order valence-electron chi connectivity index (χ2n) is 5.49. The Labute approximate surface area is 136 Å². The molecule has 1 N–H and O–H groups in total. The van der Waals surface area contributed by atoms with E-state index in [1.165, 1.54) is 0 Å². The molecule has 1 amide bonds. The number of aromatic nitrogens is 2. The molecule has 126 valence electrons. The Morgan fingerprint density at radius 1 is 1.21 bits per heavy atom. The Kier molecular flexibility index (Phi) is 4.37. The first-order valence-corrected chi connectivity index (χ1v) is 7.43. The van der Waals surface area contributed by atoms with Gasteiger partial charge in [-0.1, -0.05) is 30.3 Å². The Morgan fingerprint density at radius 2 is 1.96 bits per heavy atom. The van der Waals surface area contributed by atoms with Crippen LogP contribution < -0.4 is 5.32 Å². The summed E-state index contributed by atoms with van der Waals surface area (Å²) >= 11 is 0. The number of carbonyl (C=O) groups is 1. The quantitative estimate of drug-likeness (QED) is 0.933. The molecule has 8 heteroatoms. The first-order chi connectivity index (χ1) is 11.4. The minimum atomic E-state index is -4.54. The monoisotopic (exact) mass is 336 g/mol. The number of rotatable bonds is 4. The topological polar surface area (TPSA) is 58.1 Å². The van der Waals surface area contributed by atoms with Crippen molar-refractivity contribution in [2.45, 2.75) is 25.2 Å². The maximum Gasteiger partial charge on any atom is 0.433 e. The van der Waals surface area contributed by atoms with E-state index in [-0.39, 0.29) is 11.9 Å². The van der Waals surface area contributed by atoms with E-state index in [1.54, 1.807) is 4.90 Å². The highest BCUT2D eigenvalue weighted by Crippen LogP contribution is 2.28. The molecule has 5 nitrogen and oxygen atoms in total. The summed E-state index contributed by atoms with van der Waals surface area (Å²) < 4.78 is 38.0. The van der Waals surface area contributed by atoms with E-state index in [2.05, 4.69) is 15.3 Å². The van der Waals surface area contributed by atoms with Crippen LogP contribution in [0.4, 0.5) is 19.1 Å². The molecule has 0 bridgehead atoms. The predicted octanol–water partition coefficient (Wildman–Crippen LogP) is 2.71. The second-order valence-corrected chi connectivity index (χ2v) is 5.49. The number of likely N-dealkylation sites (tertiary alicyclic amines) is 1. The molecule has 1 unspecified atom stereocenters. The van der Waals surface area contributed by atoms with Crippen LogP contribution in [0.5, 0.6) is 0 Å². The largest absolute Gasteiger partial charge is 0.433 e. The van der Waals surface area contributed by atoms with Gasteiger partial charge in [-0.15, -0.1) is 0 Å². The first-order valence-electron chi connectivity index (χ1n) is 7.43. The van der Waals surface area contributed by atoms with Gasteiger partial charge in [0.25, 0.3) is 0 Å². The fourth-order valence-electron chi connectivity index (χ4n) is 2.58. The van der Waals surface area contributed by atoms with Crippen molar-refractivity contribution < 1.29 is 18.0 Å². The summed E-state index contributed by atoms with van der Waals surface area (Å²) in [6, 6.07) is 9.70. The van der Waals surface area contributed by atoms with Crippen LogP contribution in [0, 0.1) is 0 Å². The zero-order chi connectivity index (χ0) is 17.2. The van der Waals surface area contributed by atoms with Crippen LogP contribution in [0.1, 0.15) is 17.7 Å². The summed E-state index contributed by atoms with van der Waals surface area (Å²) in [4.78, 5) is 21.2. The molecule has 0 spiro atoms. The average molecular weight is 336 g/mol. The summed E-state index contributed by atoms with van der Waals surface area (Å²) in [5, 5.41) is 2.71.